The summed E-state index contributed by atoms with van der Waals surface area (Å²) in [6.45, 7) is 11.7. The third kappa shape index (κ3) is 11.7. The van der Waals surface area contributed by atoms with E-state index in [2.05, 4.69) is 34.8 Å². The minimum Gasteiger partial charge on any atom is -0.444 e. The number of nitrogens with zero attached hydrogens (tertiary/aromatic N) is 1. The smallest absolute Gasteiger partial charge is 0.407 e. The van der Waals surface area contributed by atoms with Crippen molar-refractivity contribution in [3.63, 3.8) is 0 Å². The predicted octanol–water partition coefficient (Wildman–Crippen LogP) is 1.74. The molecular weight excluding hydrogens is 296 g/mol. The molecule has 0 aromatic heterocycles. The van der Waals surface area contributed by atoms with Crippen molar-refractivity contribution in [3.05, 3.63) is 0 Å². The van der Waals surface area contributed by atoms with E-state index < -0.39 is 11.7 Å². The molecule has 0 aliphatic rings. The summed E-state index contributed by atoms with van der Waals surface area (Å²) in [5.41, 5.74) is -0.502. The number of hydrogen-bond acceptors (Lipinski definition) is 4. The van der Waals surface area contributed by atoms with Gasteiger partial charge in [0.15, 0.2) is 5.96 Å². The van der Waals surface area contributed by atoms with Crippen LogP contribution < -0.4 is 16.0 Å². The number of methoxy groups -OCH3 is 1. The van der Waals surface area contributed by atoms with Crippen LogP contribution in [0.15, 0.2) is 4.99 Å². The summed E-state index contributed by atoms with van der Waals surface area (Å²) in [4.78, 5) is 16.1. The zero-order chi connectivity index (χ0) is 17.9. The predicted molar refractivity (Wildman–Crippen MR) is 93.9 cm³/mol. The number of nitrogens with one attached hydrogen (secondary N) is 3. The molecule has 7 nitrogen and oxygen atoms in total. The number of rotatable bonds is 8. The molecule has 0 saturated heterocycles. The molecule has 0 aromatic rings. The van der Waals surface area contributed by atoms with Gasteiger partial charge >= 0.3 is 6.09 Å². The average molecular weight is 330 g/mol. The molecule has 7 heteroatoms. The zero-order valence-electron chi connectivity index (χ0n) is 15.7. The van der Waals surface area contributed by atoms with E-state index in [1.165, 1.54) is 0 Å². The molecule has 0 aliphatic carbocycles. The van der Waals surface area contributed by atoms with Gasteiger partial charge < -0.3 is 25.4 Å². The van der Waals surface area contributed by atoms with Crippen molar-refractivity contribution >= 4 is 12.1 Å². The highest BCUT2D eigenvalue weighted by molar-refractivity contribution is 5.79. The summed E-state index contributed by atoms with van der Waals surface area (Å²) >= 11 is 0. The van der Waals surface area contributed by atoms with Crippen molar-refractivity contribution in [1.29, 1.82) is 0 Å². The first-order valence-corrected chi connectivity index (χ1v) is 8.12. The fourth-order valence-electron chi connectivity index (χ4n) is 1.76. The Kier molecular flexibility index (Phi) is 10.4. The highest BCUT2D eigenvalue weighted by atomic mass is 16.6. The number of hydrogen-bond donors (Lipinski definition) is 3. The molecular formula is C16H34N4O3. The fourth-order valence-corrected chi connectivity index (χ4v) is 1.76. The lowest BCUT2D eigenvalue weighted by molar-refractivity contribution is 0.0491. The van der Waals surface area contributed by atoms with Gasteiger partial charge in [-0.15, -0.1) is 0 Å². The molecule has 0 rings (SSSR count). The summed E-state index contributed by atoms with van der Waals surface area (Å²) < 4.78 is 10.3. The van der Waals surface area contributed by atoms with Crippen LogP contribution in [0.1, 0.15) is 41.0 Å². The fraction of sp³-hybridized carbons (Fsp3) is 0.875. The van der Waals surface area contributed by atoms with Gasteiger partial charge in [-0.2, -0.15) is 0 Å². The van der Waals surface area contributed by atoms with Gasteiger partial charge in [0.25, 0.3) is 0 Å². The second-order valence-corrected chi connectivity index (χ2v) is 6.72. The average Bonchev–Trinajstić information content (AvgIpc) is 2.42. The Morgan fingerprint density at radius 2 is 1.87 bits per heavy atom. The van der Waals surface area contributed by atoms with Crippen LogP contribution in [0.4, 0.5) is 4.79 Å². The lowest BCUT2D eigenvalue weighted by Gasteiger charge is -2.26. The zero-order valence-corrected chi connectivity index (χ0v) is 15.7. The van der Waals surface area contributed by atoms with Gasteiger partial charge in [0.2, 0.25) is 0 Å². The quantitative estimate of drug-likeness (QED) is 0.359. The second-order valence-electron chi connectivity index (χ2n) is 6.72. The van der Waals surface area contributed by atoms with Gasteiger partial charge in [-0.1, -0.05) is 13.8 Å². The maximum atomic E-state index is 11.9. The molecule has 0 aromatic carbocycles. The Labute approximate surface area is 140 Å². The van der Waals surface area contributed by atoms with Crippen molar-refractivity contribution in [1.82, 2.24) is 16.0 Å². The van der Waals surface area contributed by atoms with E-state index in [4.69, 9.17) is 9.47 Å². The largest absolute Gasteiger partial charge is 0.444 e. The van der Waals surface area contributed by atoms with Gasteiger partial charge in [0, 0.05) is 33.9 Å². The van der Waals surface area contributed by atoms with E-state index in [9.17, 15) is 4.79 Å². The first-order valence-electron chi connectivity index (χ1n) is 8.12. The highest BCUT2D eigenvalue weighted by Gasteiger charge is 2.21. The third-order valence-electron chi connectivity index (χ3n) is 3.04. The van der Waals surface area contributed by atoms with Gasteiger partial charge in [0.1, 0.15) is 5.60 Å². The van der Waals surface area contributed by atoms with Gasteiger partial charge in [0.05, 0.1) is 6.04 Å². The number of carbonyl (C=O) groups is 1. The van der Waals surface area contributed by atoms with Crippen LogP contribution in [0, 0.1) is 5.92 Å². The molecule has 0 fully saturated rings. The second kappa shape index (κ2) is 11.1. The maximum absolute atomic E-state index is 11.9. The lowest BCUT2D eigenvalue weighted by Crippen LogP contribution is -2.50. The molecule has 0 saturated carbocycles. The van der Waals surface area contributed by atoms with Crippen LogP contribution in [0.2, 0.25) is 0 Å². The van der Waals surface area contributed by atoms with E-state index >= 15 is 0 Å². The van der Waals surface area contributed by atoms with E-state index in [0.29, 0.717) is 19.1 Å². The Morgan fingerprint density at radius 1 is 1.22 bits per heavy atom. The van der Waals surface area contributed by atoms with Crippen molar-refractivity contribution in [3.8, 4) is 0 Å². The number of amides is 1. The number of carbonyl (C=O) groups excluding carboxylic acids is 1. The molecule has 0 spiro atoms. The van der Waals surface area contributed by atoms with Crippen LogP contribution in [-0.4, -0.2) is 57.5 Å². The van der Waals surface area contributed by atoms with Crippen molar-refractivity contribution in [2.24, 2.45) is 10.9 Å². The molecule has 136 valence electrons. The summed E-state index contributed by atoms with van der Waals surface area (Å²) in [6.07, 6.45) is 0.502. The number of aliphatic imine (C=N–C) groups is 1. The first-order chi connectivity index (χ1) is 10.7. The third-order valence-corrected chi connectivity index (χ3v) is 3.04. The Morgan fingerprint density at radius 3 is 2.35 bits per heavy atom. The monoisotopic (exact) mass is 330 g/mol. The molecule has 23 heavy (non-hydrogen) atoms. The van der Waals surface area contributed by atoms with Crippen LogP contribution in [0.3, 0.4) is 0 Å². The molecule has 1 atom stereocenters. The maximum Gasteiger partial charge on any atom is 0.407 e. The number of alkyl carbamates (subject to hydrolysis) is 1. The molecule has 3 N–H and O–H groups in total. The molecule has 1 amide bonds. The SMILES string of the molecule is CN=C(NCCCOC)NCC(NC(=O)OC(C)(C)C)C(C)C. The summed E-state index contributed by atoms with van der Waals surface area (Å²) in [5, 5.41) is 9.33. The first kappa shape index (κ1) is 21.5. The van der Waals surface area contributed by atoms with Gasteiger partial charge in [-0.3, -0.25) is 4.99 Å². The minimum atomic E-state index is -0.502. The normalized spacial score (nSPS) is 13.7. The minimum absolute atomic E-state index is 0.0534. The molecule has 0 heterocycles. The van der Waals surface area contributed by atoms with Gasteiger partial charge in [-0.05, 0) is 33.1 Å². The van der Waals surface area contributed by atoms with Crippen molar-refractivity contribution in [2.75, 3.05) is 33.9 Å². The number of guanidine groups is 1. The highest BCUT2D eigenvalue weighted by Crippen LogP contribution is 2.08. The van der Waals surface area contributed by atoms with Crippen molar-refractivity contribution < 1.29 is 14.3 Å². The van der Waals surface area contributed by atoms with Crippen LogP contribution >= 0.6 is 0 Å². The lowest BCUT2D eigenvalue weighted by atomic mass is 10.0. The summed E-state index contributed by atoms with van der Waals surface area (Å²) in [5.74, 6) is 0.972. The van der Waals surface area contributed by atoms with E-state index in [0.717, 1.165) is 13.0 Å². The summed E-state index contributed by atoms with van der Waals surface area (Å²) in [7, 11) is 3.40. The topological polar surface area (TPSA) is 84.0 Å². The van der Waals surface area contributed by atoms with E-state index in [1.807, 2.05) is 20.8 Å². The van der Waals surface area contributed by atoms with E-state index in [-0.39, 0.29) is 12.0 Å². The van der Waals surface area contributed by atoms with Crippen LogP contribution in [0.25, 0.3) is 0 Å². The Balaban J connectivity index is 4.33. The number of ether oxygens (including phenoxy) is 2. The van der Waals surface area contributed by atoms with Crippen molar-refractivity contribution in [2.45, 2.75) is 52.7 Å². The molecule has 1 unspecified atom stereocenters. The summed E-state index contributed by atoms with van der Waals surface area (Å²) in [6, 6.07) is -0.0534. The van der Waals surface area contributed by atoms with Gasteiger partial charge in [-0.25, -0.2) is 4.79 Å². The molecule has 0 bridgehead atoms. The molecule has 0 radical (unpaired) electrons. The standard InChI is InChI=1S/C16H34N4O3/c1-12(2)13(20-15(21)23-16(3,4)5)11-19-14(17-6)18-9-8-10-22-7/h12-13H,8-11H2,1-7H3,(H,20,21)(H2,17,18,19). The van der Waals surface area contributed by atoms with Crippen LogP contribution in [-0.2, 0) is 9.47 Å². The van der Waals surface area contributed by atoms with E-state index in [1.54, 1.807) is 14.2 Å². The van der Waals surface area contributed by atoms with Crippen LogP contribution in [0.5, 0.6) is 0 Å². The molecule has 0 aliphatic heterocycles. The Bertz CT molecular complexity index is 365. The Hall–Kier alpha value is -1.50.